The van der Waals surface area contributed by atoms with Gasteiger partial charge in [-0.2, -0.15) is 0 Å². The first kappa shape index (κ1) is 14.9. The van der Waals surface area contributed by atoms with Gasteiger partial charge in [-0.15, -0.1) is 0 Å². The minimum absolute atomic E-state index is 0.218. The lowest BCUT2D eigenvalue weighted by Gasteiger charge is -2.12. The van der Waals surface area contributed by atoms with Gasteiger partial charge in [-0.3, -0.25) is 0 Å². The van der Waals surface area contributed by atoms with Crippen molar-refractivity contribution in [1.29, 1.82) is 0 Å². The second-order valence-electron chi connectivity index (χ2n) is 5.25. The fourth-order valence-electron chi connectivity index (χ4n) is 2.68. The lowest BCUT2D eigenvalue weighted by atomic mass is 9.79. The van der Waals surface area contributed by atoms with E-state index in [1.807, 2.05) is 24.3 Å². The molecule has 6 heteroatoms. The topological polar surface area (TPSA) is 60.8 Å². The van der Waals surface area contributed by atoms with Crippen molar-refractivity contribution in [2.45, 2.75) is 12.2 Å². The van der Waals surface area contributed by atoms with Crippen molar-refractivity contribution in [2.24, 2.45) is 0 Å². The summed E-state index contributed by atoms with van der Waals surface area (Å²) in [6.45, 7) is 0.546. The Morgan fingerprint density at radius 1 is 1.23 bits per heavy atom. The minimum atomic E-state index is -0.659. The van der Waals surface area contributed by atoms with Gasteiger partial charge in [0.1, 0.15) is 0 Å². The maximum absolute atomic E-state index is 9.51. The lowest BCUT2D eigenvalue weighted by molar-refractivity contribution is 0.292. The van der Waals surface area contributed by atoms with E-state index in [-0.39, 0.29) is 5.92 Å². The van der Waals surface area contributed by atoms with Crippen molar-refractivity contribution in [2.75, 3.05) is 20.8 Å². The lowest BCUT2D eigenvalue weighted by Crippen LogP contribution is -2.07. The summed E-state index contributed by atoms with van der Waals surface area (Å²) in [5.74, 6) is 1.29. The van der Waals surface area contributed by atoms with Crippen LogP contribution in [0.3, 0.4) is 0 Å². The van der Waals surface area contributed by atoms with Crippen LogP contribution in [0.15, 0.2) is 36.4 Å². The van der Waals surface area contributed by atoms with E-state index in [1.54, 1.807) is 14.2 Å². The molecule has 2 heterocycles. The highest BCUT2D eigenvalue weighted by Crippen LogP contribution is 2.32. The first-order valence-corrected chi connectivity index (χ1v) is 7.20. The Bertz CT molecular complexity index is 664. The third kappa shape index (κ3) is 2.93. The fraction of sp³-hybridized carbons (Fsp3) is 0.312. The maximum atomic E-state index is 9.51. The van der Waals surface area contributed by atoms with Gasteiger partial charge in [0, 0.05) is 18.1 Å². The zero-order chi connectivity index (χ0) is 15.5. The molecule has 0 radical (unpaired) electrons. The molecule has 1 aliphatic rings. The molecule has 1 fully saturated rings. The summed E-state index contributed by atoms with van der Waals surface area (Å²) >= 11 is 0. The number of methoxy groups -OCH3 is 2. The Kier molecular flexibility index (Phi) is 4.31. The molecule has 0 spiro atoms. The number of benzene rings is 1. The Hall–Kier alpha value is -2.05. The molecule has 5 nitrogen and oxygen atoms in total. The highest BCUT2D eigenvalue weighted by atomic mass is 16.5. The first-order valence-electron chi connectivity index (χ1n) is 7.20. The summed E-state index contributed by atoms with van der Waals surface area (Å²) in [6.07, 6.45) is 0.628. The van der Waals surface area contributed by atoms with E-state index in [1.165, 1.54) is 0 Å². The summed E-state index contributed by atoms with van der Waals surface area (Å²) in [5, 5.41) is 9.51. The van der Waals surface area contributed by atoms with Crippen molar-refractivity contribution in [3.63, 3.8) is 0 Å². The van der Waals surface area contributed by atoms with Crippen molar-refractivity contribution >= 4 is 7.12 Å². The number of pyridine rings is 1. The van der Waals surface area contributed by atoms with E-state index in [0.29, 0.717) is 24.6 Å². The van der Waals surface area contributed by atoms with Crippen molar-refractivity contribution in [3.8, 4) is 22.9 Å². The number of ether oxygens (including phenoxy) is 2. The molecule has 1 aromatic heterocycles. The SMILES string of the molecule is COc1ccc(-c2cccc([C@@H]3COB(O)C3)c2)nc1OC. The standard InChI is InChI=1S/C16H18BNO4/c1-20-15-7-6-14(18-16(15)21-2)12-5-3-4-11(8-12)13-9-17(19)22-10-13/h3-8,13,19H,9-10H2,1-2H3/t13-/m0/s1. The number of rotatable bonds is 4. The van der Waals surface area contributed by atoms with Crippen LogP contribution in [0.5, 0.6) is 11.6 Å². The van der Waals surface area contributed by atoms with Gasteiger partial charge in [0.25, 0.3) is 5.88 Å². The Morgan fingerprint density at radius 3 is 2.77 bits per heavy atom. The monoisotopic (exact) mass is 299 g/mol. The van der Waals surface area contributed by atoms with E-state index < -0.39 is 7.12 Å². The van der Waals surface area contributed by atoms with Gasteiger partial charge in [-0.1, -0.05) is 18.2 Å². The average molecular weight is 299 g/mol. The molecular weight excluding hydrogens is 281 g/mol. The molecule has 1 atom stereocenters. The molecule has 1 saturated heterocycles. The Balaban J connectivity index is 1.92. The van der Waals surface area contributed by atoms with Gasteiger partial charge in [-0.05, 0) is 30.1 Å². The average Bonchev–Trinajstić information content (AvgIpc) is 3.01. The van der Waals surface area contributed by atoms with Crippen LogP contribution in [-0.4, -0.2) is 38.0 Å². The Morgan fingerprint density at radius 2 is 2.09 bits per heavy atom. The molecule has 1 N–H and O–H groups in total. The predicted octanol–water partition coefficient (Wildman–Crippen LogP) is 2.36. The van der Waals surface area contributed by atoms with Crippen LogP contribution in [0, 0.1) is 0 Å². The van der Waals surface area contributed by atoms with Gasteiger partial charge >= 0.3 is 7.12 Å². The van der Waals surface area contributed by atoms with Crippen LogP contribution in [0.2, 0.25) is 6.32 Å². The molecule has 1 aliphatic heterocycles. The normalized spacial score (nSPS) is 17.6. The largest absolute Gasteiger partial charge is 0.491 e. The molecule has 3 rings (SSSR count). The summed E-state index contributed by atoms with van der Waals surface area (Å²) in [4.78, 5) is 4.49. The summed E-state index contributed by atoms with van der Waals surface area (Å²) in [7, 11) is 2.50. The predicted molar refractivity (Wildman–Crippen MR) is 84.2 cm³/mol. The van der Waals surface area contributed by atoms with Gasteiger partial charge in [0.15, 0.2) is 5.75 Å². The zero-order valence-corrected chi connectivity index (χ0v) is 12.7. The van der Waals surface area contributed by atoms with E-state index in [4.69, 9.17) is 14.1 Å². The zero-order valence-electron chi connectivity index (χ0n) is 12.7. The van der Waals surface area contributed by atoms with Gasteiger partial charge < -0.3 is 19.2 Å². The second-order valence-corrected chi connectivity index (χ2v) is 5.25. The highest BCUT2D eigenvalue weighted by molar-refractivity contribution is 6.43. The van der Waals surface area contributed by atoms with Crippen molar-refractivity contribution in [1.82, 2.24) is 4.98 Å². The van der Waals surface area contributed by atoms with Gasteiger partial charge in [0.05, 0.1) is 19.9 Å². The highest BCUT2D eigenvalue weighted by Gasteiger charge is 2.29. The molecule has 22 heavy (non-hydrogen) atoms. The summed E-state index contributed by atoms with van der Waals surface area (Å²) in [6, 6.07) is 11.9. The first-order chi connectivity index (χ1) is 10.7. The smallest absolute Gasteiger partial charge is 0.454 e. The molecule has 1 aromatic carbocycles. The van der Waals surface area contributed by atoms with E-state index in [0.717, 1.165) is 16.8 Å². The fourth-order valence-corrected chi connectivity index (χ4v) is 2.68. The van der Waals surface area contributed by atoms with E-state index in [9.17, 15) is 5.02 Å². The molecule has 0 unspecified atom stereocenters. The quantitative estimate of drug-likeness (QED) is 0.878. The third-order valence-electron chi connectivity index (χ3n) is 3.87. The van der Waals surface area contributed by atoms with E-state index in [2.05, 4.69) is 17.1 Å². The Labute approximate surface area is 130 Å². The molecule has 114 valence electrons. The minimum Gasteiger partial charge on any atom is -0.491 e. The summed E-state index contributed by atoms with van der Waals surface area (Å²) < 4.78 is 15.7. The molecule has 2 aromatic rings. The molecule has 0 bridgehead atoms. The number of hydrogen-bond donors (Lipinski definition) is 1. The molecule has 0 aliphatic carbocycles. The van der Waals surface area contributed by atoms with Crippen LogP contribution in [0.25, 0.3) is 11.3 Å². The van der Waals surface area contributed by atoms with Gasteiger partial charge in [-0.25, -0.2) is 4.98 Å². The number of hydrogen-bond acceptors (Lipinski definition) is 5. The second kappa shape index (κ2) is 6.38. The van der Waals surface area contributed by atoms with Crippen molar-refractivity contribution in [3.05, 3.63) is 42.0 Å². The van der Waals surface area contributed by atoms with Crippen LogP contribution >= 0.6 is 0 Å². The van der Waals surface area contributed by atoms with Crippen LogP contribution in [0.4, 0.5) is 0 Å². The number of nitrogens with zero attached hydrogens (tertiary/aromatic N) is 1. The van der Waals surface area contributed by atoms with E-state index >= 15 is 0 Å². The van der Waals surface area contributed by atoms with Crippen LogP contribution < -0.4 is 9.47 Å². The summed E-state index contributed by atoms with van der Waals surface area (Å²) in [5.41, 5.74) is 2.96. The van der Waals surface area contributed by atoms with Crippen LogP contribution in [-0.2, 0) is 4.65 Å². The van der Waals surface area contributed by atoms with Gasteiger partial charge in [0.2, 0.25) is 0 Å². The maximum Gasteiger partial charge on any atom is 0.454 e. The van der Waals surface area contributed by atoms with Crippen molar-refractivity contribution < 1.29 is 19.2 Å². The molecular formula is C16H18BNO4. The number of aromatic nitrogens is 1. The van der Waals surface area contributed by atoms with Crippen LogP contribution in [0.1, 0.15) is 11.5 Å². The molecule has 0 saturated carbocycles. The third-order valence-corrected chi connectivity index (χ3v) is 3.87. The molecule has 0 amide bonds.